The lowest BCUT2D eigenvalue weighted by molar-refractivity contribution is -0.130. The molecule has 1 unspecified atom stereocenters. The lowest BCUT2D eigenvalue weighted by Crippen LogP contribution is -2.40. The molecule has 0 aliphatic carbocycles. The van der Waals surface area contributed by atoms with Crippen molar-refractivity contribution in [3.05, 3.63) is 29.8 Å². The molecule has 0 aromatic heterocycles. The van der Waals surface area contributed by atoms with Gasteiger partial charge in [-0.3, -0.25) is 10.1 Å². The molecule has 0 saturated carbocycles. The molecule has 1 fully saturated rings. The number of amides is 1. The van der Waals surface area contributed by atoms with Gasteiger partial charge in [-0.15, -0.1) is 0 Å². The Morgan fingerprint density at radius 2 is 1.95 bits per heavy atom. The fourth-order valence-corrected chi connectivity index (χ4v) is 2.97. The standard InChI is InChI=1S/C16H22N2O2/c19-16(18-9-5-1-2-6-10-18)11-17-14-12-20-15-8-4-3-7-13(14)15/h3-4,7-8,14,17H,1-2,5-6,9-12H2. The molecular weight excluding hydrogens is 252 g/mol. The van der Waals surface area contributed by atoms with Gasteiger partial charge < -0.3 is 9.64 Å². The molecule has 108 valence electrons. The van der Waals surface area contributed by atoms with Gasteiger partial charge in [0.15, 0.2) is 0 Å². The minimum Gasteiger partial charge on any atom is -0.491 e. The largest absolute Gasteiger partial charge is 0.491 e. The molecule has 2 aliphatic heterocycles. The minimum absolute atomic E-state index is 0.141. The number of para-hydroxylation sites is 1. The van der Waals surface area contributed by atoms with Gasteiger partial charge in [-0.25, -0.2) is 0 Å². The van der Waals surface area contributed by atoms with E-state index in [0.29, 0.717) is 13.2 Å². The van der Waals surface area contributed by atoms with E-state index in [4.69, 9.17) is 4.74 Å². The van der Waals surface area contributed by atoms with E-state index >= 15 is 0 Å². The van der Waals surface area contributed by atoms with E-state index < -0.39 is 0 Å². The quantitative estimate of drug-likeness (QED) is 0.918. The Hall–Kier alpha value is -1.55. The average Bonchev–Trinajstić information content (AvgIpc) is 2.70. The highest BCUT2D eigenvalue weighted by Crippen LogP contribution is 2.31. The van der Waals surface area contributed by atoms with Crippen LogP contribution in [0.5, 0.6) is 5.75 Å². The molecule has 20 heavy (non-hydrogen) atoms. The number of ether oxygens (including phenoxy) is 1. The predicted molar refractivity (Wildman–Crippen MR) is 77.7 cm³/mol. The summed E-state index contributed by atoms with van der Waals surface area (Å²) < 4.78 is 5.62. The van der Waals surface area contributed by atoms with Crippen molar-refractivity contribution in [1.29, 1.82) is 0 Å². The van der Waals surface area contributed by atoms with Gasteiger partial charge in [0.25, 0.3) is 0 Å². The van der Waals surface area contributed by atoms with Gasteiger partial charge in [-0.2, -0.15) is 0 Å². The summed E-state index contributed by atoms with van der Waals surface area (Å²) in [5, 5.41) is 3.34. The van der Waals surface area contributed by atoms with Crippen molar-refractivity contribution in [1.82, 2.24) is 10.2 Å². The monoisotopic (exact) mass is 274 g/mol. The maximum Gasteiger partial charge on any atom is 0.236 e. The van der Waals surface area contributed by atoms with E-state index in [1.807, 2.05) is 23.1 Å². The van der Waals surface area contributed by atoms with Crippen molar-refractivity contribution in [2.24, 2.45) is 0 Å². The first-order chi connectivity index (χ1) is 9.84. The highest BCUT2D eigenvalue weighted by atomic mass is 16.5. The molecule has 0 radical (unpaired) electrons. The average molecular weight is 274 g/mol. The SMILES string of the molecule is O=C(CNC1COc2ccccc21)N1CCCCCC1. The van der Waals surface area contributed by atoms with Crippen molar-refractivity contribution in [3.8, 4) is 5.75 Å². The van der Waals surface area contributed by atoms with Gasteiger partial charge in [0.2, 0.25) is 5.91 Å². The zero-order valence-corrected chi connectivity index (χ0v) is 11.8. The molecular formula is C16H22N2O2. The van der Waals surface area contributed by atoms with Crippen LogP contribution in [0.2, 0.25) is 0 Å². The second-order valence-corrected chi connectivity index (χ2v) is 5.58. The summed E-state index contributed by atoms with van der Waals surface area (Å²) in [5.74, 6) is 1.16. The van der Waals surface area contributed by atoms with Crippen LogP contribution in [0.4, 0.5) is 0 Å². The Morgan fingerprint density at radius 3 is 2.75 bits per heavy atom. The number of nitrogens with zero attached hydrogens (tertiary/aromatic N) is 1. The van der Waals surface area contributed by atoms with Crippen LogP contribution >= 0.6 is 0 Å². The summed E-state index contributed by atoms with van der Waals surface area (Å²) in [6.07, 6.45) is 4.78. The van der Waals surface area contributed by atoms with Crippen molar-refractivity contribution < 1.29 is 9.53 Å². The molecule has 1 aromatic carbocycles. The zero-order chi connectivity index (χ0) is 13.8. The van der Waals surface area contributed by atoms with Gasteiger partial charge in [0, 0.05) is 18.7 Å². The number of benzene rings is 1. The molecule has 0 spiro atoms. The molecule has 1 N–H and O–H groups in total. The molecule has 1 saturated heterocycles. The molecule has 1 atom stereocenters. The third-order valence-corrected chi connectivity index (χ3v) is 4.16. The lowest BCUT2D eigenvalue weighted by Gasteiger charge is -2.21. The van der Waals surface area contributed by atoms with Crippen molar-refractivity contribution in [2.45, 2.75) is 31.7 Å². The molecule has 0 bridgehead atoms. The number of hydrogen-bond acceptors (Lipinski definition) is 3. The summed E-state index contributed by atoms with van der Waals surface area (Å²) in [4.78, 5) is 14.2. The fourth-order valence-electron chi connectivity index (χ4n) is 2.97. The molecule has 3 rings (SSSR count). The molecule has 2 heterocycles. The number of nitrogens with one attached hydrogen (secondary N) is 1. The summed E-state index contributed by atoms with van der Waals surface area (Å²) in [6.45, 7) is 2.85. The van der Waals surface area contributed by atoms with Gasteiger partial charge in [-0.05, 0) is 18.9 Å². The summed E-state index contributed by atoms with van der Waals surface area (Å²) in [5.41, 5.74) is 1.16. The van der Waals surface area contributed by atoms with Crippen LogP contribution in [0, 0.1) is 0 Å². The first-order valence-corrected chi connectivity index (χ1v) is 7.57. The fraction of sp³-hybridized carbons (Fsp3) is 0.562. The first kappa shape index (κ1) is 13.4. The van der Waals surface area contributed by atoms with Gasteiger partial charge in [-0.1, -0.05) is 31.0 Å². The predicted octanol–water partition coefficient (Wildman–Crippen LogP) is 2.11. The third kappa shape index (κ3) is 2.96. The third-order valence-electron chi connectivity index (χ3n) is 4.16. The lowest BCUT2D eigenvalue weighted by atomic mass is 10.1. The second kappa shape index (κ2) is 6.27. The summed E-state index contributed by atoms with van der Waals surface area (Å²) in [6, 6.07) is 8.18. The first-order valence-electron chi connectivity index (χ1n) is 7.57. The molecule has 4 nitrogen and oxygen atoms in total. The van der Waals surface area contributed by atoms with Crippen molar-refractivity contribution in [3.63, 3.8) is 0 Å². The van der Waals surface area contributed by atoms with Crippen LogP contribution in [0.15, 0.2) is 24.3 Å². The Kier molecular flexibility index (Phi) is 4.21. The number of fused-ring (bicyclic) bond motifs is 1. The van der Waals surface area contributed by atoms with Gasteiger partial charge >= 0.3 is 0 Å². The van der Waals surface area contributed by atoms with E-state index in [-0.39, 0.29) is 11.9 Å². The molecule has 2 aliphatic rings. The Labute approximate surface area is 120 Å². The van der Waals surface area contributed by atoms with Gasteiger partial charge in [0.05, 0.1) is 12.6 Å². The van der Waals surface area contributed by atoms with Crippen LogP contribution in [-0.2, 0) is 4.79 Å². The molecule has 4 heteroatoms. The minimum atomic E-state index is 0.141. The Balaban J connectivity index is 1.53. The highest BCUT2D eigenvalue weighted by molar-refractivity contribution is 5.78. The number of hydrogen-bond donors (Lipinski definition) is 1. The second-order valence-electron chi connectivity index (χ2n) is 5.58. The Bertz CT molecular complexity index is 467. The van der Waals surface area contributed by atoms with Crippen LogP contribution in [0.3, 0.4) is 0 Å². The number of carbonyl (C=O) groups is 1. The van der Waals surface area contributed by atoms with Crippen LogP contribution in [0.1, 0.15) is 37.3 Å². The van der Waals surface area contributed by atoms with Crippen molar-refractivity contribution >= 4 is 5.91 Å². The number of carbonyl (C=O) groups excluding carboxylic acids is 1. The van der Waals surface area contributed by atoms with Crippen LogP contribution in [-0.4, -0.2) is 37.0 Å². The van der Waals surface area contributed by atoms with Crippen LogP contribution in [0.25, 0.3) is 0 Å². The van der Waals surface area contributed by atoms with Gasteiger partial charge in [0.1, 0.15) is 12.4 Å². The van der Waals surface area contributed by atoms with E-state index in [0.717, 1.165) is 37.2 Å². The van der Waals surface area contributed by atoms with E-state index in [2.05, 4.69) is 11.4 Å². The molecule has 1 amide bonds. The Morgan fingerprint density at radius 1 is 1.20 bits per heavy atom. The highest BCUT2D eigenvalue weighted by Gasteiger charge is 2.24. The normalized spacial score (nSPS) is 22.0. The summed E-state index contributed by atoms with van der Waals surface area (Å²) in [7, 11) is 0. The topological polar surface area (TPSA) is 41.6 Å². The molecule has 1 aromatic rings. The van der Waals surface area contributed by atoms with E-state index in [9.17, 15) is 4.79 Å². The van der Waals surface area contributed by atoms with E-state index in [1.54, 1.807) is 0 Å². The van der Waals surface area contributed by atoms with Crippen LogP contribution < -0.4 is 10.1 Å². The number of likely N-dealkylation sites (tertiary alicyclic amines) is 1. The smallest absolute Gasteiger partial charge is 0.236 e. The number of rotatable bonds is 3. The van der Waals surface area contributed by atoms with Crippen molar-refractivity contribution in [2.75, 3.05) is 26.2 Å². The maximum absolute atomic E-state index is 12.2. The summed E-state index contributed by atoms with van der Waals surface area (Å²) >= 11 is 0. The maximum atomic E-state index is 12.2. The zero-order valence-electron chi connectivity index (χ0n) is 11.8. The van der Waals surface area contributed by atoms with E-state index in [1.165, 1.54) is 12.8 Å².